The van der Waals surface area contributed by atoms with Gasteiger partial charge in [0.05, 0.1) is 11.9 Å². The monoisotopic (exact) mass is 307 g/mol. The topological polar surface area (TPSA) is 57.8 Å². The SMILES string of the molecule is Cc1[nH]ncc1CCCNC(=O)CSc1ccccc1F. The number of hydrogen-bond acceptors (Lipinski definition) is 3. The Balaban J connectivity index is 1.64. The highest BCUT2D eigenvalue weighted by atomic mass is 32.2. The summed E-state index contributed by atoms with van der Waals surface area (Å²) in [5.41, 5.74) is 2.24. The lowest BCUT2D eigenvalue weighted by molar-refractivity contribution is -0.118. The number of nitrogens with zero attached hydrogens (tertiary/aromatic N) is 1. The van der Waals surface area contributed by atoms with E-state index in [2.05, 4.69) is 15.5 Å². The van der Waals surface area contributed by atoms with Crippen molar-refractivity contribution >= 4 is 17.7 Å². The molecular formula is C15H18FN3OS. The van der Waals surface area contributed by atoms with Crippen molar-refractivity contribution in [3.63, 3.8) is 0 Å². The Kier molecular flexibility index (Phi) is 5.80. The van der Waals surface area contributed by atoms with Crippen LogP contribution in [0.15, 0.2) is 35.4 Å². The number of amides is 1. The first-order valence-electron chi connectivity index (χ1n) is 6.79. The number of rotatable bonds is 7. The van der Waals surface area contributed by atoms with Gasteiger partial charge in [0.2, 0.25) is 5.91 Å². The molecule has 21 heavy (non-hydrogen) atoms. The van der Waals surface area contributed by atoms with Crippen LogP contribution in [0.25, 0.3) is 0 Å². The largest absolute Gasteiger partial charge is 0.355 e. The van der Waals surface area contributed by atoms with Crippen molar-refractivity contribution in [2.24, 2.45) is 0 Å². The van der Waals surface area contributed by atoms with E-state index in [9.17, 15) is 9.18 Å². The number of carbonyl (C=O) groups excluding carboxylic acids is 1. The summed E-state index contributed by atoms with van der Waals surface area (Å²) in [6.07, 6.45) is 3.55. The van der Waals surface area contributed by atoms with E-state index < -0.39 is 0 Å². The predicted molar refractivity (Wildman–Crippen MR) is 81.8 cm³/mol. The Labute approximate surface area is 127 Å². The molecule has 0 bridgehead atoms. The lowest BCUT2D eigenvalue weighted by Gasteiger charge is -2.05. The minimum absolute atomic E-state index is 0.0767. The van der Waals surface area contributed by atoms with Crippen molar-refractivity contribution in [3.05, 3.63) is 47.5 Å². The fraction of sp³-hybridized carbons (Fsp3) is 0.333. The van der Waals surface area contributed by atoms with E-state index in [1.807, 2.05) is 13.1 Å². The second kappa shape index (κ2) is 7.83. The fourth-order valence-corrected chi connectivity index (χ4v) is 2.66. The number of halogens is 1. The van der Waals surface area contributed by atoms with E-state index in [-0.39, 0.29) is 17.5 Å². The molecule has 0 spiro atoms. The van der Waals surface area contributed by atoms with E-state index in [1.54, 1.807) is 18.2 Å². The van der Waals surface area contributed by atoms with Gasteiger partial charge in [0, 0.05) is 17.1 Å². The predicted octanol–water partition coefficient (Wildman–Crippen LogP) is 2.70. The van der Waals surface area contributed by atoms with Crippen LogP contribution in [0.2, 0.25) is 0 Å². The van der Waals surface area contributed by atoms with E-state index in [0.29, 0.717) is 11.4 Å². The molecule has 4 nitrogen and oxygen atoms in total. The van der Waals surface area contributed by atoms with Gasteiger partial charge in [0.1, 0.15) is 5.82 Å². The molecule has 0 unspecified atom stereocenters. The fourth-order valence-electron chi connectivity index (χ4n) is 1.89. The second-order valence-electron chi connectivity index (χ2n) is 4.69. The summed E-state index contributed by atoms with van der Waals surface area (Å²) in [5.74, 6) is -0.135. The molecule has 1 heterocycles. The van der Waals surface area contributed by atoms with Gasteiger partial charge in [-0.2, -0.15) is 5.10 Å². The van der Waals surface area contributed by atoms with Gasteiger partial charge in [-0.05, 0) is 37.5 Å². The van der Waals surface area contributed by atoms with Crippen LogP contribution in [-0.2, 0) is 11.2 Å². The zero-order valence-electron chi connectivity index (χ0n) is 11.9. The van der Waals surface area contributed by atoms with Crippen LogP contribution in [0, 0.1) is 12.7 Å². The molecule has 1 aromatic heterocycles. The lowest BCUT2D eigenvalue weighted by Crippen LogP contribution is -2.26. The molecule has 2 rings (SSSR count). The van der Waals surface area contributed by atoms with Gasteiger partial charge in [0.15, 0.2) is 0 Å². The minimum Gasteiger partial charge on any atom is -0.355 e. The molecular weight excluding hydrogens is 289 g/mol. The third-order valence-corrected chi connectivity index (χ3v) is 4.12. The maximum absolute atomic E-state index is 13.4. The summed E-state index contributed by atoms with van der Waals surface area (Å²) in [5, 5.41) is 9.68. The number of aryl methyl sites for hydroxylation is 2. The Morgan fingerprint density at radius 1 is 1.43 bits per heavy atom. The van der Waals surface area contributed by atoms with Gasteiger partial charge in [-0.25, -0.2) is 4.39 Å². The molecule has 1 amide bonds. The molecule has 2 N–H and O–H groups in total. The van der Waals surface area contributed by atoms with Crippen LogP contribution >= 0.6 is 11.8 Å². The smallest absolute Gasteiger partial charge is 0.230 e. The van der Waals surface area contributed by atoms with Crippen LogP contribution in [0.1, 0.15) is 17.7 Å². The molecule has 0 saturated heterocycles. The number of carbonyl (C=O) groups is 1. The van der Waals surface area contributed by atoms with Crippen molar-refractivity contribution in [1.82, 2.24) is 15.5 Å². The maximum Gasteiger partial charge on any atom is 0.230 e. The van der Waals surface area contributed by atoms with E-state index in [0.717, 1.165) is 18.5 Å². The summed E-state index contributed by atoms with van der Waals surface area (Å²) >= 11 is 1.21. The Hall–Kier alpha value is -1.82. The van der Waals surface area contributed by atoms with Crippen LogP contribution in [-0.4, -0.2) is 28.4 Å². The number of benzene rings is 1. The third-order valence-electron chi connectivity index (χ3n) is 3.07. The number of aromatic amines is 1. The van der Waals surface area contributed by atoms with Gasteiger partial charge >= 0.3 is 0 Å². The highest BCUT2D eigenvalue weighted by Crippen LogP contribution is 2.20. The van der Waals surface area contributed by atoms with Crippen molar-refractivity contribution in [1.29, 1.82) is 0 Å². The molecule has 1 aromatic carbocycles. The Morgan fingerprint density at radius 3 is 2.95 bits per heavy atom. The van der Waals surface area contributed by atoms with Gasteiger partial charge in [-0.15, -0.1) is 11.8 Å². The summed E-state index contributed by atoms with van der Waals surface area (Å²) in [7, 11) is 0. The third kappa shape index (κ3) is 4.90. The first-order chi connectivity index (χ1) is 10.2. The van der Waals surface area contributed by atoms with Gasteiger partial charge < -0.3 is 5.32 Å². The van der Waals surface area contributed by atoms with Gasteiger partial charge in [0.25, 0.3) is 0 Å². The van der Waals surface area contributed by atoms with E-state index >= 15 is 0 Å². The van der Waals surface area contributed by atoms with Gasteiger partial charge in [-0.3, -0.25) is 9.89 Å². The lowest BCUT2D eigenvalue weighted by atomic mass is 10.1. The summed E-state index contributed by atoms with van der Waals surface area (Å²) in [6, 6.07) is 6.47. The average Bonchev–Trinajstić information content (AvgIpc) is 2.88. The molecule has 0 fully saturated rings. The van der Waals surface area contributed by atoms with E-state index in [4.69, 9.17) is 0 Å². The molecule has 0 aliphatic carbocycles. The molecule has 0 saturated carbocycles. The van der Waals surface area contributed by atoms with Crippen molar-refractivity contribution in [3.8, 4) is 0 Å². The first-order valence-corrected chi connectivity index (χ1v) is 7.78. The van der Waals surface area contributed by atoms with E-state index in [1.165, 1.54) is 23.4 Å². The Bertz CT molecular complexity index is 600. The summed E-state index contributed by atoms with van der Waals surface area (Å²) in [6.45, 7) is 2.59. The molecule has 6 heteroatoms. The highest BCUT2D eigenvalue weighted by Gasteiger charge is 2.06. The molecule has 0 aliphatic heterocycles. The maximum atomic E-state index is 13.4. The number of nitrogens with one attached hydrogen (secondary N) is 2. The zero-order chi connectivity index (χ0) is 15.1. The highest BCUT2D eigenvalue weighted by molar-refractivity contribution is 8.00. The average molecular weight is 307 g/mol. The molecule has 0 aliphatic rings. The Morgan fingerprint density at radius 2 is 2.24 bits per heavy atom. The molecule has 2 aromatic rings. The second-order valence-corrected chi connectivity index (χ2v) is 5.71. The van der Waals surface area contributed by atoms with Crippen LogP contribution in [0.4, 0.5) is 4.39 Å². The zero-order valence-corrected chi connectivity index (χ0v) is 12.7. The van der Waals surface area contributed by atoms with Crippen molar-refractivity contribution in [2.45, 2.75) is 24.7 Å². The normalized spacial score (nSPS) is 10.6. The molecule has 0 atom stereocenters. The number of hydrogen-bond donors (Lipinski definition) is 2. The van der Waals surface area contributed by atoms with Gasteiger partial charge in [-0.1, -0.05) is 12.1 Å². The first kappa shape index (κ1) is 15.6. The van der Waals surface area contributed by atoms with Crippen LogP contribution in [0.3, 0.4) is 0 Å². The van der Waals surface area contributed by atoms with Crippen molar-refractivity contribution in [2.75, 3.05) is 12.3 Å². The van der Waals surface area contributed by atoms with Crippen LogP contribution in [0.5, 0.6) is 0 Å². The number of thioether (sulfide) groups is 1. The molecule has 112 valence electrons. The summed E-state index contributed by atoms with van der Waals surface area (Å²) < 4.78 is 13.4. The molecule has 0 radical (unpaired) electrons. The quantitative estimate of drug-likeness (QED) is 0.611. The number of H-pyrrole nitrogens is 1. The number of aromatic nitrogens is 2. The standard InChI is InChI=1S/C15H18FN3OS/c1-11-12(9-18-19-11)5-4-8-17-15(20)10-21-14-7-3-2-6-13(14)16/h2-3,6-7,9H,4-5,8,10H2,1H3,(H,17,20)(H,18,19). The summed E-state index contributed by atoms with van der Waals surface area (Å²) in [4.78, 5) is 12.2. The van der Waals surface area contributed by atoms with Crippen molar-refractivity contribution < 1.29 is 9.18 Å². The minimum atomic E-state index is -0.286. The van der Waals surface area contributed by atoms with Crippen LogP contribution < -0.4 is 5.32 Å².